The van der Waals surface area contributed by atoms with E-state index in [-0.39, 0.29) is 12.6 Å². The van der Waals surface area contributed by atoms with Crippen LogP contribution in [0.2, 0.25) is 0 Å². The topological polar surface area (TPSA) is 26.7 Å². The SMILES string of the molecule is OC1c2ccccc2CC1N1CCCN(CC(F)F)CC1. The van der Waals surface area contributed by atoms with Crippen molar-refractivity contribution in [3.05, 3.63) is 35.4 Å². The van der Waals surface area contributed by atoms with Crippen molar-refractivity contribution in [2.45, 2.75) is 31.4 Å². The third-order valence-corrected chi connectivity index (χ3v) is 4.66. The lowest BCUT2D eigenvalue weighted by atomic mass is 10.1. The van der Waals surface area contributed by atoms with E-state index in [0.29, 0.717) is 6.54 Å². The Morgan fingerprint density at radius 2 is 1.95 bits per heavy atom. The molecule has 1 saturated heterocycles. The number of alkyl halides is 2. The van der Waals surface area contributed by atoms with Gasteiger partial charge >= 0.3 is 0 Å². The Bertz CT molecular complexity index is 483. The van der Waals surface area contributed by atoms with Crippen LogP contribution >= 0.6 is 0 Å². The van der Waals surface area contributed by atoms with Crippen molar-refractivity contribution in [2.75, 3.05) is 32.7 Å². The number of fused-ring (bicyclic) bond motifs is 1. The van der Waals surface area contributed by atoms with Crippen LogP contribution in [0.5, 0.6) is 0 Å². The largest absolute Gasteiger partial charge is 0.387 e. The molecule has 2 unspecified atom stereocenters. The highest BCUT2D eigenvalue weighted by molar-refractivity contribution is 5.35. The highest BCUT2D eigenvalue weighted by Gasteiger charge is 2.35. The molecule has 1 fully saturated rings. The standard InChI is InChI=1S/C16H22F2N2O/c17-15(18)11-19-6-3-7-20(9-8-19)14-10-12-4-1-2-5-13(12)16(14)21/h1-2,4-5,14-16,21H,3,6-11H2. The van der Waals surface area contributed by atoms with Crippen molar-refractivity contribution >= 4 is 0 Å². The summed E-state index contributed by atoms with van der Waals surface area (Å²) < 4.78 is 25.0. The number of benzene rings is 1. The minimum absolute atomic E-state index is 0.0916. The van der Waals surface area contributed by atoms with Crippen molar-refractivity contribution in [1.29, 1.82) is 0 Å². The fourth-order valence-corrected chi connectivity index (χ4v) is 3.58. The molecule has 0 amide bonds. The van der Waals surface area contributed by atoms with Gasteiger partial charge in [0, 0.05) is 19.1 Å². The summed E-state index contributed by atoms with van der Waals surface area (Å²) in [4.78, 5) is 4.11. The zero-order valence-electron chi connectivity index (χ0n) is 12.1. The maximum absolute atomic E-state index is 12.5. The van der Waals surface area contributed by atoms with E-state index in [1.807, 2.05) is 23.1 Å². The maximum Gasteiger partial charge on any atom is 0.251 e. The van der Waals surface area contributed by atoms with Crippen molar-refractivity contribution in [3.63, 3.8) is 0 Å². The Balaban J connectivity index is 1.64. The van der Waals surface area contributed by atoms with Crippen LogP contribution in [0.15, 0.2) is 24.3 Å². The summed E-state index contributed by atoms with van der Waals surface area (Å²) in [5.74, 6) is 0. The first kappa shape index (κ1) is 14.9. The second-order valence-corrected chi connectivity index (χ2v) is 6.00. The summed E-state index contributed by atoms with van der Waals surface area (Å²) in [5.41, 5.74) is 2.24. The summed E-state index contributed by atoms with van der Waals surface area (Å²) >= 11 is 0. The Hall–Kier alpha value is -1.04. The molecule has 3 rings (SSSR count). The Morgan fingerprint density at radius 1 is 1.14 bits per heavy atom. The van der Waals surface area contributed by atoms with Gasteiger partial charge in [0.2, 0.25) is 0 Å². The summed E-state index contributed by atoms with van der Waals surface area (Å²) in [5, 5.41) is 10.5. The molecule has 21 heavy (non-hydrogen) atoms. The molecule has 0 bridgehead atoms. The van der Waals surface area contributed by atoms with Gasteiger partial charge in [0.1, 0.15) is 0 Å². The highest BCUT2D eigenvalue weighted by atomic mass is 19.3. The van der Waals surface area contributed by atoms with Crippen LogP contribution in [0.4, 0.5) is 8.78 Å². The highest BCUT2D eigenvalue weighted by Crippen LogP contribution is 2.34. The van der Waals surface area contributed by atoms with Crippen molar-refractivity contribution in [2.24, 2.45) is 0 Å². The molecular weight excluding hydrogens is 274 g/mol. The van der Waals surface area contributed by atoms with Crippen LogP contribution in [0.3, 0.4) is 0 Å². The lowest BCUT2D eigenvalue weighted by Gasteiger charge is -2.30. The second kappa shape index (κ2) is 6.38. The predicted octanol–water partition coefficient (Wildman–Crippen LogP) is 1.92. The lowest BCUT2D eigenvalue weighted by Crippen LogP contribution is -2.41. The van der Waals surface area contributed by atoms with E-state index in [1.54, 1.807) is 0 Å². The molecule has 116 valence electrons. The van der Waals surface area contributed by atoms with Gasteiger partial charge in [0.05, 0.1) is 12.6 Å². The van der Waals surface area contributed by atoms with Crippen molar-refractivity contribution < 1.29 is 13.9 Å². The van der Waals surface area contributed by atoms with Crippen LogP contribution in [-0.4, -0.2) is 60.1 Å². The maximum atomic E-state index is 12.5. The zero-order chi connectivity index (χ0) is 14.8. The normalized spacial score (nSPS) is 27.8. The first-order valence-electron chi connectivity index (χ1n) is 7.65. The molecule has 2 aliphatic rings. The van der Waals surface area contributed by atoms with E-state index in [4.69, 9.17) is 0 Å². The first-order valence-corrected chi connectivity index (χ1v) is 7.65. The zero-order valence-corrected chi connectivity index (χ0v) is 12.1. The average molecular weight is 296 g/mol. The third-order valence-electron chi connectivity index (χ3n) is 4.66. The van der Waals surface area contributed by atoms with E-state index in [2.05, 4.69) is 11.0 Å². The quantitative estimate of drug-likeness (QED) is 0.923. The molecule has 0 spiro atoms. The van der Waals surface area contributed by atoms with Crippen LogP contribution in [-0.2, 0) is 6.42 Å². The van der Waals surface area contributed by atoms with Crippen LogP contribution in [0.1, 0.15) is 23.7 Å². The molecule has 1 heterocycles. The molecule has 0 radical (unpaired) electrons. The van der Waals surface area contributed by atoms with Crippen LogP contribution in [0, 0.1) is 0 Å². The molecule has 1 N–H and O–H groups in total. The van der Waals surface area contributed by atoms with Gasteiger partial charge in [-0.15, -0.1) is 0 Å². The van der Waals surface area contributed by atoms with Crippen molar-refractivity contribution in [1.82, 2.24) is 9.80 Å². The molecular formula is C16H22F2N2O. The van der Waals surface area contributed by atoms with Gasteiger partial charge in [-0.05, 0) is 37.1 Å². The number of hydrogen-bond acceptors (Lipinski definition) is 3. The monoisotopic (exact) mass is 296 g/mol. The van der Waals surface area contributed by atoms with Crippen LogP contribution in [0.25, 0.3) is 0 Å². The fraction of sp³-hybridized carbons (Fsp3) is 0.625. The molecule has 3 nitrogen and oxygen atoms in total. The Labute approximate surface area is 124 Å². The number of aliphatic hydroxyl groups excluding tert-OH is 1. The smallest absolute Gasteiger partial charge is 0.251 e. The summed E-state index contributed by atoms with van der Waals surface area (Å²) in [6, 6.07) is 8.10. The van der Waals surface area contributed by atoms with Gasteiger partial charge in [-0.3, -0.25) is 9.80 Å². The summed E-state index contributed by atoms with van der Waals surface area (Å²) in [6.07, 6.45) is -0.987. The minimum Gasteiger partial charge on any atom is -0.387 e. The summed E-state index contributed by atoms with van der Waals surface area (Å²) in [6.45, 7) is 2.86. The number of hydrogen-bond donors (Lipinski definition) is 1. The molecule has 1 aromatic carbocycles. The molecule has 1 aliphatic heterocycles. The van der Waals surface area contributed by atoms with E-state index >= 15 is 0 Å². The predicted molar refractivity (Wildman–Crippen MR) is 77.5 cm³/mol. The van der Waals surface area contributed by atoms with Gasteiger partial charge in [-0.2, -0.15) is 0 Å². The van der Waals surface area contributed by atoms with Gasteiger partial charge in [0.25, 0.3) is 6.43 Å². The molecule has 2 atom stereocenters. The number of nitrogens with zero attached hydrogens (tertiary/aromatic N) is 2. The number of aliphatic hydroxyl groups is 1. The van der Waals surface area contributed by atoms with Crippen molar-refractivity contribution in [3.8, 4) is 0 Å². The molecule has 1 aliphatic carbocycles. The van der Waals surface area contributed by atoms with E-state index in [9.17, 15) is 13.9 Å². The van der Waals surface area contributed by atoms with E-state index < -0.39 is 12.5 Å². The number of rotatable bonds is 3. The number of halogens is 2. The molecule has 0 saturated carbocycles. The average Bonchev–Trinajstić information content (AvgIpc) is 2.64. The molecule has 5 heteroatoms. The van der Waals surface area contributed by atoms with Gasteiger partial charge in [0.15, 0.2) is 0 Å². The summed E-state index contributed by atoms with van der Waals surface area (Å²) in [7, 11) is 0. The van der Waals surface area contributed by atoms with E-state index in [1.165, 1.54) is 5.56 Å². The third kappa shape index (κ3) is 3.25. The Kier molecular flexibility index (Phi) is 4.52. The first-order chi connectivity index (χ1) is 10.1. The van der Waals surface area contributed by atoms with Crippen LogP contribution < -0.4 is 0 Å². The molecule has 1 aromatic rings. The van der Waals surface area contributed by atoms with Gasteiger partial charge in [-0.25, -0.2) is 8.78 Å². The fourth-order valence-electron chi connectivity index (χ4n) is 3.58. The minimum atomic E-state index is -2.27. The lowest BCUT2D eigenvalue weighted by molar-refractivity contribution is 0.0586. The van der Waals surface area contributed by atoms with Gasteiger partial charge in [-0.1, -0.05) is 24.3 Å². The van der Waals surface area contributed by atoms with Gasteiger partial charge < -0.3 is 5.11 Å². The molecule has 0 aromatic heterocycles. The second-order valence-electron chi connectivity index (χ2n) is 6.00. The van der Waals surface area contributed by atoms with E-state index in [0.717, 1.165) is 38.0 Å². The Morgan fingerprint density at radius 3 is 2.71 bits per heavy atom.